The van der Waals surface area contributed by atoms with E-state index in [0.717, 1.165) is 5.56 Å². The number of carbonyl (C=O) groups is 4. The van der Waals surface area contributed by atoms with Crippen LogP contribution in [-0.4, -0.2) is 58.1 Å². The zero-order chi connectivity index (χ0) is 27.2. The second-order valence-corrected chi connectivity index (χ2v) is 10.1. The lowest BCUT2D eigenvalue weighted by molar-refractivity contribution is -0.136. The third-order valence-corrected chi connectivity index (χ3v) is 5.83. The highest BCUT2D eigenvalue weighted by Crippen LogP contribution is 2.23. The fourth-order valence-electron chi connectivity index (χ4n) is 3.79. The van der Waals surface area contributed by atoms with Gasteiger partial charge in [-0.1, -0.05) is 41.9 Å². The Morgan fingerprint density at radius 3 is 2.32 bits per heavy atom. The first-order valence-corrected chi connectivity index (χ1v) is 12.2. The normalized spacial score (nSPS) is 17.5. The number of piperidine rings is 1. The lowest BCUT2D eigenvalue weighted by Crippen LogP contribution is -2.61. The number of imide groups is 1. The second-order valence-electron chi connectivity index (χ2n) is 9.65. The van der Waals surface area contributed by atoms with Crippen molar-refractivity contribution >= 4 is 35.6 Å². The van der Waals surface area contributed by atoms with Crippen LogP contribution in [0.1, 0.15) is 49.5 Å². The number of nitrogens with zero attached hydrogens (tertiary/aromatic N) is 2. The molecule has 0 bridgehead atoms. The molecule has 37 heavy (non-hydrogen) atoms. The maximum atomic E-state index is 13.2. The minimum atomic E-state index is -1.06. The number of nitrogens with one attached hydrogen (secondary N) is 1. The molecule has 1 aliphatic rings. The molecule has 2 aromatic carbocycles. The molecule has 11 heteroatoms. The van der Waals surface area contributed by atoms with Crippen molar-refractivity contribution in [1.29, 1.82) is 0 Å². The molecular formula is C26H31ClN4O6. The molecule has 3 N–H and O–H groups in total. The maximum absolute atomic E-state index is 13.2. The van der Waals surface area contributed by atoms with Crippen LogP contribution < -0.4 is 11.2 Å². The predicted octanol–water partition coefficient (Wildman–Crippen LogP) is 3.88. The summed E-state index contributed by atoms with van der Waals surface area (Å²) in [6, 6.07) is 13.6. The number of hydrogen-bond donors (Lipinski definition) is 2. The van der Waals surface area contributed by atoms with Gasteiger partial charge in [0.05, 0.1) is 6.04 Å². The molecule has 0 saturated carbocycles. The quantitative estimate of drug-likeness (QED) is 0.259. The zero-order valence-corrected chi connectivity index (χ0v) is 21.7. The molecule has 0 aliphatic carbocycles. The molecule has 1 saturated heterocycles. The van der Waals surface area contributed by atoms with Gasteiger partial charge in [-0.3, -0.25) is 14.5 Å². The van der Waals surface area contributed by atoms with Crippen molar-refractivity contribution in [2.45, 2.75) is 57.9 Å². The summed E-state index contributed by atoms with van der Waals surface area (Å²) in [5.74, 6) is 4.39. The van der Waals surface area contributed by atoms with Crippen LogP contribution in [0.25, 0.3) is 0 Å². The van der Waals surface area contributed by atoms with E-state index in [9.17, 15) is 19.2 Å². The van der Waals surface area contributed by atoms with E-state index in [1.807, 2.05) is 30.3 Å². The third-order valence-electron chi connectivity index (χ3n) is 5.58. The molecule has 2 atom stereocenters. The molecule has 4 amide bonds. The number of rotatable bonds is 5. The molecule has 0 aromatic heterocycles. The highest BCUT2D eigenvalue weighted by atomic mass is 35.5. The lowest BCUT2D eigenvalue weighted by atomic mass is 9.97. The summed E-state index contributed by atoms with van der Waals surface area (Å²) in [5, 5.41) is 3.65. The van der Waals surface area contributed by atoms with Gasteiger partial charge in [0.2, 0.25) is 0 Å². The van der Waals surface area contributed by atoms with Gasteiger partial charge >= 0.3 is 12.2 Å². The number of amides is 4. The van der Waals surface area contributed by atoms with Crippen LogP contribution >= 0.6 is 11.6 Å². The largest absolute Gasteiger partial charge is 0.445 e. The second kappa shape index (κ2) is 12.1. The summed E-state index contributed by atoms with van der Waals surface area (Å²) in [7, 11) is 0. The number of benzene rings is 2. The van der Waals surface area contributed by atoms with Gasteiger partial charge in [-0.25, -0.2) is 20.4 Å². The molecule has 3 rings (SSSR count). The van der Waals surface area contributed by atoms with Crippen LogP contribution in [0.15, 0.2) is 54.6 Å². The summed E-state index contributed by atoms with van der Waals surface area (Å²) in [5.41, 5.74) is 0.164. The highest BCUT2D eigenvalue weighted by molar-refractivity contribution is 6.30. The summed E-state index contributed by atoms with van der Waals surface area (Å²) < 4.78 is 10.8. The van der Waals surface area contributed by atoms with Crippen molar-refractivity contribution in [3.05, 3.63) is 70.7 Å². The number of halogens is 1. The van der Waals surface area contributed by atoms with Crippen LogP contribution in [0, 0.1) is 0 Å². The Morgan fingerprint density at radius 1 is 1.05 bits per heavy atom. The van der Waals surface area contributed by atoms with E-state index in [4.69, 9.17) is 26.9 Å². The molecule has 10 nitrogen and oxygen atoms in total. The van der Waals surface area contributed by atoms with E-state index in [1.54, 1.807) is 20.8 Å². The maximum Gasteiger partial charge on any atom is 0.411 e. The molecule has 1 heterocycles. The number of hydrazine groups is 1. The van der Waals surface area contributed by atoms with E-state index in [0.29, 0.717) is 16.5 Å². The highest BCUT2D eigenvalue weighted by Gasteiger charge is 2.41. The van der Waals surface area contributed by atoms with Crippen molar-refractivity contribution in [3.63, 3.8) is 0 Å². The Bertz CT molecular complexity index is 1120. The zero-order valence-electron chi connectivity index (χ0n) is 21.0. The Hall–Kier alpha value is -3.63. The van der Waals surface area contributed by atoms with Crippen LogP contribution in [0.3, 0.4) is 0 Å². The summed E-state index contributed by atoms with van der Waals surface area (Å²) >= 11 is 5.87. The first kappa shape index (κ1) is 27.9. The first-order valence-electron chi connectivity index (χ1n) is 11.8. The Morgan fingerprint density at radius 2 is 1.70 bits per heavy atom. The molecular weight excluding hydrogens is 500 g/mol. The van der Waals surface area contributed by atoms with Crippen LogP contribution in [0.2, 0.25) is 5.02 Å². The molecule has 0 radical (unpaired) electrons. The Labute approximate surface area is 220 Å². The smallest absolute Gasteiger partial charge is 0.411 e. The number of likely N-dealkylation sites (tertiary alicyclic amines) is 1. The predicted molar refractivity (Wildman–Crippen MR) is 136 cm³/mol. The third kappa shape index (κ3) is 7.93. The van der Waals surface area contributed by atoms with E-state index in [1.165, 1.54) is 29.2 Å². The van der Waals surface area contributed by atoms with Gasteiger partial charge in [0, 0.05) is 17.1 Å². The Balaban J connectivity index is 1.69. The summed E-state index contributed by atoms with van der Waals surface area (Å²) in [4.78, 5) is 52.6. The molecule has 1 aliphatic heterocycles. The fourth-order valence-corrected chi connectivity index (χ4v) is 3.92. The molecule has 0 unspecified atom stereocenters. The number of nitrogens with two attached hydrogens (primary N) is 1. The first-order chi connectivity index (χ1) is 17.4. The minimum Gasteiger partial charge on any atom is -0.445 e. The van der Waals surface area contributed by atoms with Gasteiger partial charge in [-0.2, -0.15) is 0 Å². The average Bonchev–Trinajstić information content (AvgIpc) is 2.86. The van der Waals surface area contributed by atoms with E-state index >= 15 is 0 Å². The van der Waals surface area contributed by atoms with Gasteiger partial charge in [0.25, 0.3) is 11.8 Å². The van der Waals surface area contributed by atoms with Crippen LogP contribution in [0.5, 0.6) is 0 Å². The van der Waals surface area contributed by atoms with E-state index in [-0.39, 0.29) is 25.1 Å². The van der Waals surface area contributed by atoms with Gasteiger partial charge in [0.1, 0.15) is 18.2 Å². The summed E-state index contributed by atoms with van der Waals surface area (Å²) in [6.07, 6.45) is -0.925. The fraction of sp³-hybridized carbons (Fsp3) is 0.385. The number of hydrogen-bond acceptors (Lipinski definition) is 7. The monoisotopic (exact) mass is 530 g/mol. The lowest BCUT2D eigenvalue weighted by Gasteiger charge is -2.40. The topological polar surface area (TPSA) is 131 Å². The van der Waals surface area contributed by atoms with Gasteiger partial charge < -0.3 is 14.8 Å². The molecule has 1 fully saturated rings. The van der Waals surface area contributed by atoms with Crippen molar-refractivity contribution in [2.75, 3.05) is 6.54 Å². The summed E-state index contributed by atoms with van der Waals surface area (Å²) in [6.45, 7) is 5.14. The van der Waals surface area contributed by atoms with Crippen LogP contribution in [0.4, 0.5) is 9.59 Å². The van der Waals surface area contributed by atoms with Crippen molar-refractivity contribution in [1.82, 2.24) is 15.2 Å². The standard InChI is InChI=1S/C26H31ClN4O6/c1-26(2,3)37-25(35)30-15-20(29-24(34)36-16-17-7-5-4-6-8-17)13-14-21(30)23(33)31(28)22(32)18-9-11-19(27)12-10-18/h4-12,20-21H,13-16,28H2,1-3H3,(H,29,34)/t20-,21+/m0/s1. The van der Waals surface area contributed by atoms with Gasteiger partial charge in [-0.05, 0) is 63.4 Å². The number of alkyl carbamates (subject to hydrolysis) is 1. The van der Waals surface area contributed by atoms with Crippen molar-refractivity contribution < 1.29 is 28.7 Å². The molecule has 0 spiro atoms. The molecule has 198 valence electrons. The van der Waals surface area contributed by atoms with Gasteiger partial charge in [-0.15, -0.1) is 0 Å². The average molecular weight is 531 g/mol. The number of ether oxygens (including phenoxy) is 2. The number of carbonyl (C=O) groups excluding carboxylic acids is 4. The minimum absolute atomic E-state index is 0.0330. The van der Waals surface area contributed by atoms with Crippen molar-refractivity contribution in [2.24, 2.45) is 5.84 Å². The van der Waals surface area contributed by atoms with E-state index < -0.39 is 41.7 Å². The Kier molecular flexibility index (Phi) is 9.12. The van der Waals surface area contributed by atoms with E-state index in [2.05, 4.69) is 5.32 Å². The van der Waals surface area contributed by atoms with Crippen LogP contribution in [-0.2, 0) is 20.9 Å². The van der Waals surface area contributed by atoms with Crippen molar-refractivity contribution in [3.8, 4) is 0 Å². The SMILES string of the molecule is CC(C)(C)OC(=O)N1C[C@@H](NC(=O)OCc2ccccc2)CC[C@@H]1C(=O)N(N)C(=O)c1ccc(Cl)cc1. The van der Waals surface area contributed by atoms with Gasteiger partial charge in [0.15, 0.2) is 0 Å². The molecule has 2 aromatic rings.